The highest BCUT2D eigenvalue weighted by molar-refractivity contribution is 5.88. The van der Waals surface area contributed by atoms with Crippen molar-refractivity contribution in [3.63, 3.8) is 0 Å². The van der Waals surface area contributed by atoms with E-state index >= 15 is 0 Å². The molecule has 1 aromatic carbocycles. The van der Waals surface area contributed by atoms with Crippen LogP contribution in [0.1, 0.15) is 107 Å². The highest BCUT2D eigenvalue weighted by Gasteiger charge is 2.31. The average molecular weight is 555 g/mol. The van der Waals surface area contributed by atoms with E-state index in [0.29, 0.717) is 5.92 Å². The predicted octanol–water partition coefficient (Wildman–Crippen LogP) is 6.61. The van der Waals surface area contributed by atoms with Gasteiger partial charge >= 0.3 is 11.9 Å². The third-order valence-corrected chi connectivity index (χ3v) is 9.22. The van der Waals surface area contributed by atoms with E-state index in [-0.39, 0.29) is 24.4 Å². The van der Waals surface area contributed by atoms with Crippen molar-refractivity contribution in [2.45, 2.75) is 95.8 Å². The maximum Gasteiger partial charge on any atom is 0.335 e. The number of hydrogen-bond donors (Lipinski definition) is 2. The monoisotopic (exact) mass is 554 g/mol. The predicted molar refractivity (Wildman–Crippen MR) is 158 cm³/mol. The second-order valence-corrected chi connectivity index (χ2v) is 12.0. The molecule has 0 aliphatic heterocycles. The van der Waals surface area contributed by atoms with E-state index in [1.165, 1.54) is 82.6 Å². The molecule has 2 fully saturated rings. The largest absolute Gasteiger partial charge is 0.461 e. The molecule has 2 aliphatic rings. The summed E-state index contributed by atoms with van der Waals surface area (Å²) >= 11 is 0. The first-order chi connectivity index (χ1) is 19.4. The fourth-order valence-electron chi connectivity index (χ4n) is 6.52. The first-order valence-electron chi connectivity index (χ1n) is 15.4. The zero-order chi connectivity index (χ0) is 28.9. The molecule has 0 heterocycles. The zero-order valence-electron chi connectivity index (χ0n) is 24.5. The van der Waals surface area contributed by atoms with Gasteiger partial charge in [0.25, 0.3) is 0 Å². The Morgan fingerprint density at radius 1 is 0.800 bits per heavy atom. The van der Waals surface area contributed by atoms with Gasteiger partial charge in [-0.15, -0.1) is 0 Å². The lowest BCUT2D eigenvalue weighted by atomic mass is 9.68. The molecule has 0 unspecified atom stereocenters. The number of hydrogen-bond acceptors (Lipinski definition) is 6. The quantitative estimate of drug-likeness (QED) is 0.144. The van der Waals surface area contributed by atoms with Crippen LogP contribution in [0.4, 0.5) is 0 Å². The average Bonchev–Trinajstić information content (AvgIpc) is 3.00. The molecule has 6 heteroatoms. The first-order valence-corrected chi connectivity index (χ1v) is 15.4. The number of carbonyl (C=O) groups excluding carboxylic acids is 2. The van der Waals surface area contributed by atoms with E-state index in [4.69, 9.17) is 19.7 Å². The molecule has 0 radical (unpaired) electrons. The summed E-state index contributed by atoms with van der Waals surface area (Å²) in [6, 6.07) is 8.35. The normalized spacial score (nSPS) is 23.0. The van der Waals surface area contributed by atoms with Gasteiger partial charge < -0.3 is 19.7 Å². The summed E-state index contributed by atoms with van der Waals surface area (Å²) in [5.41, 5.74) is 2.15. The van der Waals surface area contributed by atoms with Gasteiger partial charge in [-0.1, -0.05) is 82.9 Å². The van der Waals surface area contributed by atoms with E-state index in [0.717, 1.165) is 23.3 Å². The molecule has 0 atom stereocenters. The Labute approximate surface area is 240 Å². The van der Waals surface area contributed by atoms with Crippen molar-refractivity contribution in [2.75, 3.05) is 26.4 Å². The van der Waals surface area contributed by atoms with Gasteiger partial charge in [0, 0.05) is 0 Å². The van der Waals surface area contributed by atoms with Crippen LogP contribution < -0.4 is 0 Å². The highest BCUT2D eigenvalue weighted by atomic mass is 16.5. The smallest absolute Gasteiger partial charge is 0.335 e. The van der Waals surface area contributed by atoms with E-state index in [9.17, 15) is 9.59 Å². The van der Waals surface area contributed by atoms with Gasteiger partial charge in [-0.3, -0.25) is 0 Å². The van der Waals surface area contributed by atoms with Gasteiger partial charge in [0.2, 0.25) is 0 Å². The molecular formula is C34H50O6. The van der Waals surface area contributed by atoms with Gasteiger partial charge in [0.1, 0.15) is 13.2 Å². The van der Waals surface area contributed by atoms with Crippen molar-refractivity contribution in [1.82, 2.24) is 0 Å². The SMILES string of the molecule is C=C(CO)C(=O)OCC(COC(=O)C(=C)CO)c1ccc(C2CCC(C3CCC(CCCCC)CC3)CC2)cc1. The van der Waals surface area contributed by atoms with Crippen LogP contribution in [0.5, 0.6) is 0 Å². The number of carbonyl (C=O) groups is 2. The Kier molecular flexibility index (Phi) is 13.4. The Hall–Kier alpha value is -2.44. The van der Waals surface area contributed by atoms with E-state index < -0.39 is 31.1 Å². The second-order valence-electron chi connectivity index (χ2n) is 12.0. The third kappa shape index (κ3) is 9.59. The standard InChI is InChI=1S/C34H50O6/c1-4-5-6-7-26-8-10-27(11-9-26)28-12-14-29(15-13-28)30-16-18-31(19-17-30)32(22-39-33(37)24(2)20-35)23-40-34(38)25(3)21-36/h16-19,26-29,32,35-36H,2-15,20-23H2,1H3. The number of ether oxygens (including phenoxy) is 2. The summed E-state index contributed by atoms with van der Waals surface area (Å²) in [4.78, 5) is 24.1. The minimum Gasteiger partial charge on any atom is -0.461 e. The van der Waals surface area contributed by atoms with E-state index in [1.807, 2.05) is 12.1 Å². The number of esters is 2. The van der Waals surface area contributed by atoms with Crippen molar-refractivity contribution < 1.29 is 29.3 Å². The van der Waals surface area contributed by atoms with Crippen LogP contribution in [-0.4, -0.2) is 48.6 Å². The van der Waals surface area contributed by atoms with Crippen LogP contribution in [0, 0.1) is 17.8 Å². The van der Waals surface area contributed by atoms with Gasteiger partial charge in [0.15, 0.2) is 0 Å². The fourth-order valence-corrected chi connectivity index (χ4v) is 6.52. The topological polar surface area (TPSA) is 93.1 Å². The molecule has 0 spiro atoms. The summed E-state index contributed by atoms with van der Waals surface area (Å²) in [6.07, 6.45) is 16.3. The minimum atomic E-state index is -0.683. The summed E-state index contributed by atoms with van der Waals surface area (Å²) in [5, 5.41) is 18.3. The molecule has 1 aromatic rings. The summed E-state index contributed by atoms with van der Waals surface area (Å²) in [5.74, 6) is 1.56. The molecule has 0 amide bonds. The lowest BCUT2D eigenvalue weighted by Crippen LogP contribution is -2.25. The molecule has 2 saturated carbocycles. The maximum atomic E-state index is 12.0. The fraction of sp³-hybridized carbons (Fsp3) is 0.647. The molecule has 0 bridgehead atoms. The Bertz CT molecular complexity index is 919. The summed E-state index contributed by atoms with van der Waals surface area (Å²) in [7, 11) is 0. The molecule has 0 saturated heterocycles. The van der Waals surface area contributed by atoms with E-state index in [1.54, 1.807) is 0 Å². The number of rotatable bonds is 15. The molecule has 0 aromatic heterocycles. The molecular weight excluding hydrogens is 504 g/mol. The molecule has 6 nitrogen and oxygen atoms in total. The molecule has 2 aliphatic carbocycles. The van der Waals surface area contributed by atoms with Crippen LogP contribution in [0.3, 0.4) is 0 Å². The van der Waals surface area contributed by atoms with Crippen LogP contribution in [0.25, 0.3) is 0 Å². The Morgan fingerprint density at radius 2 is 1.30 bits per heavy atom. The highest BCUT2D eigenvalue weighted by Crippen LogP contribution is 2.44. The maximum absolute atomic E-state index is 12.0. The number of benzene rings is 1. The summed E-state index contributed by atoms with van der Waals surface area (Å²) in [6.45, 7) is 8.27. The van der Waals surface area contributed by atoms with Crippen molar-refractivity contribution in [2.24, 2.45) is 17.8 Å². The van der Waals surface area contributed by atoms with Gasteiger partial charge in [0.05, 0.1) is 30.3 Å². The number of aliphatic hydroxyl groups excluding tert-OH is 2. The van der Waals surface area contributed by atoms with Gasteiger partial charge in [-0.05, 0) is 73.3 Å². The van der Waals surface area contributed by atoms with Gasteiger partial charge in [-0.2, -0.15) is 0 Å². The molecule has 3 rings (SSSR count). The van der Waals surface area contributed by atoms with Crippen LogP contribution in [-0.2, 0) is 19.1 Å². The molecule has 40 heavy (non-hydrogen) atoms. The van der Waals surface area contributed by atoms with Crippen LogP contribution >= 0.6 is 0 Å². The first kappa shape index (κ1) is 32.1. The van der Waals surface area contributed by atoms with Crippen molar-refractivity contribution in [3.8, 4) is 0 Å². The van der Waals surface area contributed by atoms with E-state index in [2.05, 4.69) is 32.2 Å². The van der Waals surface area contributed by atoms with Crippen molar-refractivity contribution in [1.29, 1.82) is 0 Å². The zero-order valence-corrected chi connectivity index (χ0v) is 24.5. The lowest BCUT2D eigenvalue weighted by molar-refractivity contribution is -0.142. The summed E-state index contributed by atoms with van der Waals surface area (Å²) < 4.78 is 10.6. The van der Waals surface area contributed by atoms with Gasteiger partial charge in [-0.25, -0.2) is 9.59 Å². The van der Waals surface area contributed by atoms with Crippen molar-refractivity contribution >= 4 is 11.9 Å². The Morgan fingerprint density at radius 3 is 1.77 bits per heavy atom. The van der Waals surface area contributed by atoms with Crippen LogP contribution in [0.15, 0.2) is 48.6 Å². The second kappa shape index (κ2) is 16.7. The van der Waals surface area contributed by atoms with Crippen LogP contribution in [0.2, 0.25) is 0 Å². The lowest BCUT2D eigenvalue weighted by Gasteiger charge is -2.38. The number of aliphatic hydroxyl groups is 2. The third-order valence-electron chi connectivity index (χ3n) is 9.22. The molecule has 2 N–H and O–H groups in total. The Balaban J connectivity index is 1.53. The minimum absolute atomic E-state index is 0.0258. The van der Waals surface area contributed by atoms with Crippen molar-refractivity contribution in [3.05, 3.63) is 59.7 Å². The number of unbranched alkanes of at least 4 members (excludes halogenated alkanes) is 2. The molecule has 222 valence electrons.